The lowest BCUT2D eigenvalue weighted by molar-refractivity contribution is 0.455. The van der Waals surface area contributed by atoms with Gasteiger partial charge in [-0.3, -0.25) is 0 Å². The van der Waals surface area contributed by atoms with Crippen LogP contribution in [-0.4, -0.2) is 11.5 Å². The minimum Gasteiger partial charge on any atom is -0.448 e. The standard InChI is InChI=1S/C12H20N2O/c1-2-7-13-8-11-12(15-9-14-11)10-5-3-4-6-10/h9-10,13H,2-8H2,1H3. The van der Waals surface area contributed by atoms with Crippen LogP contribution in [0.3, 0.4) is 0 Å². The van der Waals surface area contributed by atoms with Gasteiger partial charge in [0.1, 0.15) is 5.76 Å². The van der Waals surface area contributed by atoms with Crippen LogP contribution in [0.5, 0.6) is 0 Å². The molecule has 0 saturated heterocycles. The van der Waals surface area contributed by atoms with Crippen LogP contribution in [0.25, 0.3) is 0 Å². The van der Waals surface area contributed by atoms with Gasteiger partial charge in [0.25, 0.3) is 0 Å². The Morgan fingerprint density at radius 1 is 1.47 bits per heavy atom. The second-order valence-electron chi connectivity index (χ2n) is 4.32. The molecule has 1 aromatic rings. The second-order valence-corrected chi connectivity index (χ2v) is 4.32. The van der Waals surface area contributed by atoms with Gasteiger partial charge < -0.3 is 9.73 Å². The molecule has 1 aliphatic carbocycles. The smallest absolute Gasteiger partial charge is 0.181 e. The highest BCUT2D eigenvalue weighted by Gasteiger charge is 2.23. The Bertz CT molecular complexity index is 290. The summed E-state index contributed by atoms with van der Waals surface area (Å²) in [4.78, 5) is 4.30. The van der Waals surface area contributed by atoms with Crippen LogP contribution in [0.4, 0.5) is 0 Å². The van der Waals surface area contributed by atoms with E-state index < -0.39 is 0 Å². The number of rotatable bonds is 5. The third-order valence-electron chi connectivity index (χ3n) is 3.12. The predicted octanol–water partition coefficient (Wildman–Crippen LogP) is 2.83. The van der Waals surface area contributed by atoms with Gasteiger partial charge in [-0.05, 0) is 25.8 Å². The maximum Gasteiger partial charge on any atom is 0.181 e. The molecule has 0 bridgehead atoms. The van der Waals surface area contributed by atoms with Crippen LogP contribution < -0.4 is 5.32 Å². The van der Waals surface area contributed by atoms with Gasteiger partial charge in [0.2, 0.25) is 0 Å². The molecule has 0 amide bonds. The number of nitrogens with zero attached hydrogens (tertiary/aromatic N) is 1. The fourth-order valence-electron chi connectivity index (χ4n) is 2.31. The summed E-state index contributed by atoms with van der Waals surface area (Å²) in [6.07, 6.45) is 7.99. The normalized spacial score (nSPS) is 17.4. The van der Waals surface area contributed by atoms with Crippen molar-refractivity contribution in [1.29, 1.82) is 0 Å². The zero-order chi connectivity index (χ0) is 10.5. The Hall–Kier alpha value is -0.830. The van der Waals surface area contributed by atoms with E-state index in [4.69, 9.17) is 4.42 Å². The van der Waals surface area contributed by atoms with Gasteiger partial charge >= 0.3 is 0 Å². The SMILES string of the molecule is CCCNCc1ncoc1C1CCCC1. The molecule has 1 aliphatic rings. The topological polar surface area (TPSA) is 38.1 Å². The molecule has 0 aliphatic heterocycles. The zero-order valence-corrected chi connectivity index (χ0v) is 9.46. The van der Waals surface area contributed by atoms with Crippen molar-refractivity contribution in [3.05, 3.63) is 17.8 Å². The highest BCUT2D eigenvalue weighted by atomic mass is 16.3. The van der Waals surface area contributed by atoms with E-state index in [0.29, 0.717) is 5.92 Å². The van der Waals surface area contributed by atoms with Gasteiger partial charge in [0.05, 0.1) is 5.69 Å². The molecule has 0 unspecified atom stereocenters. The van der Waals surface area contributed by atoms with E-state index in [1.54, 1.807) is 6.39 Å². The maximum atomic E-state index is 5.53. The number of nitrogens with one attached hydrogen (secondary N) is 1. The lowest BCUT2D eigenvalue weighted by Gasteiger charge is -2.07. The highest BCUT2D eigenvalue weighted by molar-refractivity contribution is 5.13. The summed E-state index contributed by atoms with van der Waals surface area (Å²) < 4.78 is 5.53. The first kappa shape index (κ1) is 10.7. The minimum absolute atomic E-state index is 0.630. The summed E-state index contributed by atoms with van der Waals surface area (Å²) in [6.45, 7) is 4.08. The van der Waals surface area contributed by atoms with Gasteiger partial charge in [-0.1, -0.05) is 19.8 Å². The second kappa shape index (κ2) is 5.31. The van der Waals surface area contributed by atoms with E-state index in [1.807, 2.05) is 0 Å². The first-order chi connectivity index (χ1) is 7.42. The lowest BCUT2D eigenvalue weighted by Crippen LogP contribution is -2.15. The number of hydrogen-bond acceptors (Lipinski definition) is 3. The quantitative estimate of drug-likeness (QED) is 0.756. The van der Waals surface area contributed by atoms with Crippen LogP contribution in [-0.2, 0) is 6.54 Å². The molecule has 0 aromatic carbocycles. The van der Waals surface area contributed by atoms with E-state index in [9.17, 15) is 0 Å². The first-order valence-electron chi connectivity index (χ1n) is 6.04. The summed E-state index contributed by atoms with van der Waals surface area (Å²) in [5, 5.41) is 3.38. The Morgan fingerprint density at radius 2 is 2.27 bits per heavy atom. The van der Waals surface area contributed by atoms with E-state index >= 15 is 0 Å². The summed E-state index contributed by atoms with van der Waals surface area (Å²) in [5.74, 6) is 1.77. The van der Waals surface area contributed by atoms with Gasteiger partial charge in [-0.25, -0.2) is 4.98 Å². The molecular weight excluding hydrogens is 188 g/mol. The fourth-order valence-corrected chi connectivity index (χ4v) is 2.31. The summed E-state index contributed by atoms with van der Waals surface area (Å²) >= 11 is 0. The van der Waals surface area contributed by atoms with Gasteiger partial charge in [-0.15, -0.1) is 0 Å². The monoisotopic (exact) mass is 208 g/mol. The van der Waals surface area contributed by atoms with Crippen molar-refractivity contribution >= 4 is 0 Å². The molecule has 1 N–H and O–H groups in total. The first-order valence-corrected chi connectivity index (χ1v) is 6.04. The molecule has 0 spiro atoms. The Labute approximate surface area is 91.3 Å². The van der Waals surface area contributed by atoms with Crippen molar-refractivity contribution in [2.24, 2.45) is 0 Å². The number of hydrogen-bond donors (Lipinski definition) is 1. The summed E-state index contributed by atoms with van der Waals surface area (Å²) in [7, 11) is 0. The number of oxazole rings is 1. The van der Waals surface area contributed by atoms with Crippen molar-refractivity contribution in [3.63, 3.8) is 0 Å². The van der Waals surface area contributed by atoms with E-state index in [0.717, 1.165) is 31.0 Å². The maximum absolute atomic E-state index is 5.53. The molecule has 3 nitrogen and oxygen atoms in total. The summed E-state index contributed by atoms with van der Waals surface area (Å²) in [5.41, 5.74) is 1.12. The molecule has 2 rings (SSSR count). The average molecular weight is 208 g/mol. The summed E-state index contributed by atoms with van der Waals surface area (Å²) in [6, 6.07) is 0. The van der Waals surface area contributed by atoms with Crippen molar-refractivity contribution < 1.29 is 4.42 Å². The molecule has 15 heavy (non-hydrogen) atoms. The van der Waals surface area contributed by atoms with Crippen molar-refractivity contribution in [1.82, 2.24) is 10.3 Å². The zero-order valence-electron chi connectivity index (χ0n) is 9.46. The molecule has 1 fully saturated rings. The molecule has 3 heteroatoms. The average Bonchev–Trinajstić information content (AvgIpc) is 2.87. The highest BCUT2D eigenvalue weighted by Crippen LogP contribution is 2.35. The van der Waals surface area contributed by atoms with Gasteiger partial charge in [0, 0.05) is 12.5 Å². The van der Waals surface area contributed by atoms with E-state index in [-0.39, 0.29) is 0 Å². The van der Waals surface area contributed by atoms with Crippen LogP contribution in [0.2, 0.25) is 0 Å². The molecule has 0 atom stereocenters. The molecule has 1 heterocycles. The molecular formula is C12H20N2O. The number of aromatic nitrogens is 1. The Balaban J connectivity index is 1.95. The van der Waals surface area contributed by atoms with Crippen molar-refractivity contribution in [3.8, 4) is 0 Å². The predicted molar refractivity (Wildman–Crippen MR) is 59.7 cm³/mol. The van der Waals surface area contributed by atoms with E-state index in [2.05, 4.69) is 17.2 Å². The fraction of sp³-hybridized carbons (Fsp3) is 0.750. The van der Waals surface area contributed by atoms with Crippen LogP contribution in [0.15, 0.2) is 10.8 Å². The third-order valence-corrected chi connectivity index (χ3v) is 3.12. The molecule has 84 valence electrons. The van der Waals surface area contributed by atoms with Crippen LogP contribution in [0, 0.1) is 0 Å². The Kier molecular flexibility index (Phi) is 3.78. The van der Waals surface area contributed by atoms with Gasteiger partial charge in [0.15, 0.2) is 6.39 Å². The molecule has 0 radical (unpaired) electrons. The third kappa shape index (κ3) is 2.59. The van der Waals surface area contributed by atoms with E-state index in [1.165, 1.54) is 25.7 Å². The van der Waals surface area contributed by atoms with Crippen molar-refractivity contribution in [2.45, 2.75) is 51.5 Å². The van der Waals surface area contributed by atoms with Crippen LogP contribution >= 0.6 is 0 Å². The lowest BCUT2D eigenvalue weighted by atomic mass is 10.0. The molecule has 1 aromatic heterocycles. The van der Waals surface area contributed by atoms with Crippen molar-refractivity contribution in [2.75, 3.05) is 6.54 Å². The van der Waals surface area contributed by atoms with Gasteiger partial charge in [-0.2, -0.15) is 0 Å². The largest absolute Gasteiger partial charge is 0.448 e. The van der Waals surface area contributed by atoms with Crippen LogP contribution in [0.1, 0.15) is 56.4 Å². The minimum atomic E-state index is 0.630. The Morgan fingerprint density at radius 3 is 3.00 bits per heavy atom. The molecule has 1 saturated carbocycles.